The highest BCUT2D eigenvalue weighted by molar-refractivity contribution is 5.96. The fourth-order valence-electron chi connectivity index (χ4n) is 3.02. The third-order valence-electron chi connectivity index (χ3n) is 4.49. The highest BCUT2D eigenvalue weighted by Crippen LogP contribution is 2.36. The van der Waals surface area contributed by atoms with E-state index in [0.717, 1.165) is 24.0 Å². The maximum atomic E-state index is 12.5. The number of amides is 2. The summed E-state index contributed by atoms with van der Waals surface area (Å²) < 4.78 is 0. The number of hydrogen-bond donors (Lipinski definition) is 3. The quantitative estimate of drug-likeness (QED) is 0.799. The molecule has 0 fully saturated rings. The molecular formula is C20H22N2O3. The molecule has 1 unspecified atom stereocenters. The number of carbonyl (C=O) groups is 2. The van der Waals surface area contributed by atoms with Crippen LogP contribution < -0.4 is 10.6 Å². The summed E-state index contributed by atoms with van der Waals surface area (Å²) in [5.41, 5.74) is 3.11. The molecule has 0 bridgehead atoms. The van der Waals surface area contributed by atoms with Gasteiger partial charge in [-0.1, -0.05) is 26.0 Å². The van der Waals surface area contributed by atoms with Gasteiger partial charge in [0.2, 0.25) is 5.91 Å². The molecule has 2 aromatic rings. The number of carbonyl (C=O) groups excluding carboxylic acids is 2. The van der Waals surface area contributed by atoms with Crippen LogP contribution in [-0.2, 0) is 11.2 Å². The number of fused-ring (bicyclic) bond motifs is 1. The van der Waals surface area contributed by atoms with E-state index in [1.165, 1.54) is 0 Å². The molecule has 1 aliphatic rings. The van der Waals surface area contributed by atoms with Crippen LogP contribution in [0.3, 0.4) is 0 Å². The second-order valence-electron chi connectivity index (χ2n) is 6.63. The van der Waals surface area contributed by atoms with Crippen LogP contribution in [0.4, 0.5) is 5.69 Å². The van der Waals surface area contributed by atoms with Gasteiger partial charge in [-0.05, 0) is 54.3 Å². The monoisotopic (exact) mass is 338 g/mol. The van der Waals surface area contributed by atoms with E-state index < -0.39 is 0 Å². The Balaban J connectivity index is 1.67. The standard InChI is InChI=1S/C20H22N2O3/c1-12(2)19(24)21-14-8-6-13(7-9-14)20(25)22-17-11-10-16-15(17)4-3-5-18(16)23/h3-9,12,17,23H,10-11H2,1-2H3,(H,21,24)(H,22,25). The molecule has 1 atom stereocenters. The molecule has 0 saturated heterocycles. The molecule has 0 saturated carbocycles. The molecule has 0 aliphatic heterocycles. The minimum atomic E-state index is -0.164. The van der Waals surface area contributed by atoms with Crippen LogP contribution in [0.15, 0.2) is 42.5 Å². The van der Waals surface area contributed by atoms with Crippen molar-refractivity contribution in [3.63, 3.8) is 0 Å². The molecule has 25 heavy (non-hydrogen) atoms. The first-order valence-electron chi connectivity index (χ1n) is 8.48. The van der Waals surface area contributed by atoms with Gasteiger partial charge in [0.25, 0.3) is 5.91 Å². The summed E-state index contributed by atoms with van der Waals surface area (Å²) in [5.74, 6) is -0.0242. The van der Waals surface area contributed by atoms with Gasteiger partial charge in [0.15, 0.2) is 0 Å². The van der Waals surface area contributed by atoms with Crippen LogP contribution in [0.5, 0.6) is 5.75 Å². The fraction of sp³-hybridized carbons (Fsp3) is 0.300. The van der Waals surface area contributed by atoms with Crippen LogP contribution in [0.2, 0.25) is 0 Å². The summed E-state index contributed by atoms with van der Waals surface area (Å²) >= 11 is 0. The Morgan fingerprint density at radius 2 is 1.84 bits per heavy atom. The summed E-state index contributed by atoms with van der Waals surface area (Å²) in [6, 6.07) is 12.2. The Morgan fingerprint density at radius 3 is 2.52 bits per heavy atom. The maximum absolute atomic E-state index is 12.5. The number of anilines is 1. The number of benzene rings is 2. The van der Waals surface area contributed by atoms with Gasteiger partial charge >= 0.3 is 0 Å². The Morgan fingerprint density at radius 1 is 1.12 bits per heavy atom. The average Bonchev–Trinajstić information content (AvgIpc) is 3.00. The molecule has 0 aromatic heterocycles. The lowest BCUT2D eigenvalue weighted by Gasteiger charge is -2.15. The second kappa shape index (κ2) is 6.97. The third kappa shape index (κ3) is 3.65. The Labute approximate surface area is 147 Å². The van der Waals surface area contributed by atoms with E-state index in [1.54, 1.807) is 36.4 Å². The Bertz CT molecular complexity index is 797. The fourth-order valence-corrected chi connectivity index (χ4v) is 3.02. The predicted molar refractivity (Wildman–Crippen MR) is 96.5 cm³/mol. The summed E-state index contributed by atoms with van der Waals surface area (Å²) in [6.45, 7) is 3.66. The van der Waals surface area contributed by atoms with Crippen LogP contribution in [0.1, 0.15) is 47.8 Å². The first kappa shape index (κ1) is 17.0. The molecule has 0 radical (unpaired) electrons. The predicted octanol–water partition coefficient (Wildman–Crippen LogP) is 3.40. The maximum Gasteiger partial charge on any atom is 0.251 e. The van der Waals surface area contributed by atoms with Crippen molar-refractivity contribution in [2.45, 2.75) is 32.7 Å². The van der Waals surface area contributed by atoms with Gasteiger partial charge in [0.05, 0.1) is 6.04 Å². The van der Waals surface area contributed by atoms with E-state index >= 15 is 0 Å². The summed E-state index contributed by atoms with van der Waals surface area (Å²) in [5, 5.41) is 15.7. The smallest absolute Gasteiger partial charge is 0.251 e. The van der Waals surface area contributed by atoms with Crippen molar-refractivity contribution in [1.82, 2.24) is 5.32 Å². The van der Waals surface area contributed by atoms with Crippen LogP contribution in [0, 0.1) is 5.92 Å². The highest BCUT2D eigenvalue weighted by atomic mass is 16.3. The topological polar surface area (TPSA) is 78.4 Å². The van der Waals surface area contributed by atoms with E-state index in [9.17, 15) is 14.7 Å². The highest BCUT2D eigenvalue weighted by Gasteiger charge is 2.26. The molecule has 5 nitrogen and oxygen atoms in total. The molecule has 0 spiro atoms. The molecule has 0 heterocycles. The first-order valence-corrected chi connectivity index (χ1v) is 8.48. The molecule has 2 amide bonds. The molecule has 2 aromatic carbocycles. The molecule has 3 N–H and O–H groups in total. The van der Waals surface area contributed by atoms with Crippen LogP contribution in [0.25, 0.3) is 0 Å². The van der Waals surface area contributed by atoms with E-state index in [1.807, 2.05) is 19.9 Å². The van der Waals surface area contributed by atoms with Gasteiger partial charge < -0.3 is 15.7 Å². The van der Waals surface area contributed by atoms with Crippen LogP contribution >= 0.6 is 0 Å². The van der Waals surface area contributed by atoms with Gasteiger partial charge in [-0.25, -0.2) is 0 Å². The second-order valence-corrected chi connectivity index (χ2v) is 6.63. The van der Waals surface area contributed by atoms with Crippen LogP contribution in [-0.4, -0.2) is 16.9 Å². The lowest BCUT2D eigenvalue weighted by atomic mass is 10.1. The molecule has 5 heteroatoms. The number of phenols is 1. The van der Waals surface area contributed by atoms with Crippen molar-refractivity contribution in [1.29, 1.82) is 0 Å². The van der Waals surface area contributed by atoms with Crippen molar-refractivity contribution >= 4 is 17.5 Å². The van der Waals surface area contributed by atoms with E-state index in [0.29, 0.717) is 17.0 Å². The first-order chi connectivity index (χ1) is 12.0. The summed E-state index contributed by atoms with van der Waals surface area (Å²) in [4.78, 5) is 24.2. The number of aromatic hydroxyl groups is 1. The minimum absolute atomic E-state index is 0.0560. The van der Waals surface area contributed by atoms with Crippen molar-refractivity contribution < 1.29 is 14.7 Å². The van der Waals surface area contributed by atoms with Crippen molar-refractivity contribution in [3.8, 4) is 5.75 Å². The van der Waals surface area contributed by atoms with Gasteiger partial charge in [-0.15, -0.1) is 0 Å². The van der Waals surface area contributed by atoms with E-state index in [-0.39, 0.29) is 23.8 Å². The summed E-state index contributed by atoms with van der Waals surface area (Å²) in [7, 11) is 0. The lowest BCUT2D eigenvalue weighted by molar-refractivity contribution is -0.118. The van der Waals surface area contributed by atoms with Gasteiger partial charge in [0, 0.05) is 17.2 Å². The van der Waals surface area contributed by atoms with Crippen molar-refractivity contribution in [2.24, 2.45) is 5.92 Å². The summed E-state index contributed by atoms with van der Waals surface area (Å²) in [6.07, 6.45) is 1.54. The van der Waals surface area contributed by atoms with Gasteiger partial charge in [-0.3, -0.25) is 9.59 Å². The normalized spacial score (nSPS) is 15.7. The zero-order valence-corrected chi connectivity index (χ0v) is 14.4. The number of rotatable bonds is 4. The van der Waals surface area contributed by atoms with E-state index in [4.69, 9.17) is 0 Å². The Kier molecular flexibility index (Phi) is 4.74. The number of nitrogens with one attached hydrogen (secondary N) is 2. The lowest BCUT2D eigenvalue weighted by Crippen LogP contribution is -2.27. The average molecular weight is 338 g/mol. The van der Waals surface area contributed by atoms with Crippen molar-refractivity contribution in [3.05, 3.63) is 59.2 Å². The number of hydrogen-bond acceptors (Lipinski definition) is 3. The van der Waals surface area contributed by atoms with Crippen molar-refractivity contribution in [2.75, 3.05) is 5.32 Å². The Hall–Kier alpha value is -2.82. The number of phenolic OH excluding ortho intramolecular Hbond substituents is 1. The SMILES string of the molecule is CC(C)C(=O)Nc1ccc(C(=O)NC2CCc3c(O)cccc32)cc1. The molecule has 130 valence electrons. The van der Waals surface area contributed by atoms with E-state index in [2.05, 4.69) is 10.6 Å². The largest absolute Gasteiger partial charge is 0.508 e. The molecular weight excluding hydrogens is 316 g/mol. The zero-order chi connectivity index (χ0) is 18.0. The third-order valence-corrected chi connectivity index (χ3v) is 4.49. The van der Waals surface area contributed by atoms with Gasteiger partial charge in [-0.2, -0.15) is 0 Å². The zero-order valence-electron chi connectivity index (χ0n) is 14.4. The van der Waals surface area contributed by atoms with Gasteiger partial charge in [0.1, 0.15) is 5.75 Å². The molecule has 1 aliphatic carbocycles. The minimum Gasteiger partial charge on any atom is -0.508 e. The molecule has 3 rings (SSSR count).